The number of carbonyl (C=O) groups is 1. The average molecular weight is 483 g/mol. The van der Waals surface area contributed by atoms with E-state index in [1.165, 1.54) is 13.3 Å². The van der Waals surface area contributed by atoms with Crippen LogP contribution in [-0.4, -0.2) is 27.8 Å². The zero-order valence-electron chi connectivity index (χ0n) is 20.7. The molecule has 0 aliphatic heterocycles. The minimum atomic E-state index is -0.533. The van der Waals surface area contributed by atoms with Crippen molar-refractivity contribution in [3.63, 3.8) is 0 Å². The second-order valence-electron chi connectivity index (χ2n) is 8.95. The number of ether oxygens (including phenoxy) is 1. The molecular weight excluding hydrogens is 456 g/mol. The number of nitrogens with one attached hydrogen (secondary N) is 1. The number of rotatable bonds is 5. The minimum Gasteiger partial charge on any atom is -0.464 e. The van der Waals surface area contributed by atoms with Crippen LogP contribution in [0.1, 0.15) is 40.1 Å². The van der Waals surface area contributed by atoms with Crippen LogP contribution in [0.3, 0.4) is 0 Å². The van der Waals surface area contributed by atoms with Crippen LogP contribution in [0.25, 0.3) is 33.2 Å². The molecule has 36 heavy (non-hydrogen) atoms. The van der Waals surface area contributed by atoms with Crippen molar-refractivity contribution in [1.82, 2.24) is 14.8 Å². The summed E-state index contributed by atoms with van der Waals surface area (Å²) in [5.74, 6) is -0.0122. The lowest BCUT2D eigenvalue weighted by Gasteiger charge is -2.19. The number of fused-ring (bicyclic) bond motifs is 2. The fraction of sp³-hybridized carbons (Fsp3) is 0.214. The van der Waals surface area contributed by atoms with Gasteiger partial charge in [-0.25, -0.2) is 9.78 Å². The summed E-state index contributed by atoms with van der Waals surface area (Å²) in [5, 5.41) is 9.25. The molecule has 0 fully saturated rings. The fourth-order valence-electron chi connectivity index (χ4n) is 4.55. The first-order valence-electron chi connectivity index (χ1n) is 11.6. The smallest absolute Gasteiger partial charge is 0.358 e. The van der Waals surface area contributed by atoms with Crippen LogP contribution >= 0.6 is 0 Å². The van der Waals surface area contributed by atoms with Crippen molar-refractivity contribution in [1.29, 1.82) is 0 Å². The van der Waals surface area contributed by atoms with E-state index in [4.69, 9.17) is 9.15 Å². The molecule has 0 unspecified atom stereocenters. The number of methoxy groups -OCH3 is 1. The van der Waals surface area contributed by atoms with E-state index in [0.29, 0.717) is 28.0 Å². The van der Waals surface area contributed by atoms with Gasteiger partial charge >= 0.3 is 5.97 Å². The summed E-state index contributed by atoms with van der Waals surface area (Å²) in [4.78, 5) is 29.9. The Balaban J connectivity index is 1.66. The molecule has 0 bridgehead atoms. The first-order chi connectivity index (χ1) is 17.3. The highest BCUT2D eigenvalue weighted by atomic mass is 16.5. The molecule has 8 nitrogen and oxygen atoms in total. The van der Waals surface area contributed by atoms with Gasteiger partial charge in [-0.05, 0) is 62.7 Å². The zero-order valence-corrected chi connectivity index (χ0v) is 20.7. The number of hydrogen-bond donors (Lipinski definition) is 1. The van der Waals surface area contributed by atoms with E-state index in [0.717, 1.165) is 27.6 Å². The van der Waals surface area contributed by atoms with E-state index in [9.17, 15) is 9.59 Å². The van der Waals surface area contributed by atoms with Crippen LogP contribution < -0.4 is 10.7 Å². The Kier molecular flexibility index (Phi) is 5.80. The number of carbonyl (C=O) groups excluding carboxylic acids is 1. The first kappa shape index (κ1) is 23.3. The third-order valence-electron chi connectivity index (χ3n) is 6.30. The molecule has 3 aromatic heterocycles. The molecule has 8 heteroatoms. The Morgan fingerprint density at radius 3 is 2.75 bits per heavy atom. The van der Waals surface area contributed by atoms with E-state index >= 15 is 0 Å². The van der Waals surface area contributed by atoms with Gasteiger partial charge in [0, 0.05) is 41.5 Å². The number of nitrogens with zero attached hydrogens (tertiary/aromatic N) is 3. The minimum absolute atomic E-state index is 0.0775. The van der Waals surface area contributed by atoms with Crippen LogP contribution in [0.2, 0.25) is 0 Å². The summed E-state index contributed by atoms with van der Waals surface area (Å²) in [7, 11) is 3.19. The molecule has 5 rings (SSSR count). The summed E-state index contributed by atoms with van der Waals surface area (Å²) < 4.78 is 13.1. The number of esters is 1. The molecule has 0 radical (unpaired) electrons. The molecule has 0 spiro atoms. The molecule has 0 aliphatic rings. The van der Waals surface area contributed by atoms with Crippen LogP contribution in [-0.2, 0) is 11.8 Å². The zero-order chi connectivity index (χ0) is 25.6. The number of pyridine rings is 1. The lowest BCUT2D eigenvalue weighted by atomic mass is 9.98. The Bertz CT molecular complexity index is 1700. The Hall–Kier alpha value is -4.46. The second kappa shape index (κ2) is 8.96. The molecule has 2 aromatic carbocycles. The van der Waals surface area contributed by atoms with Gasteiger partial charge in [0.25, 0.3) is 0 Å². The normalized spacial score (nSPS) is 12.1. The summed E-state index contributed by atoms with van der Waals surface area (Å²) in [6, 6.07) is 12.9. The van der Waals surface area contributed by atoms with Crippen LogP contribution in [0.5, 0.6) is 0 Å². The van der Waals surface area contributed by atoms with Crippen molar-refractivity contribution in [2.45, 2.75) is 26.8 Å². The van der Waals surface area contributed by atoms with Crippen LogP contribution in [0.15, 0.2) is 64.1 Å². The van der Waals surface area contributed by atoms with E-state index in [2.05, 4.69) is 15.4 Å². The first-order valence-corrected chi connectivity index (χ1v) is 11.6. The standard InChI is InChI=1S/C28H26N4O4/c1-15-11-20(17(3)30-23-7-6-10-29-24(23)28(34)35-5)27-21(12-15)25(33)16(2)26(36-27)18-8-9-22-19(13-18)14-32(4)31-22/h6-14,17,30H,1-5H3/t17-/m1/s1. The van der Waals surface area contributed by atoms with Crippen molar-refractivity contribution in [2.75, 3.05) is 12.4 Å². The molecule has 0 saturated carbocycles. The van der Waals surface area contributed by atoms with Crippen molar-refractivity contribution >= 4 is 33.5 Å². The molecule has 5 aromatic rings. The van der Waals surface area contributed by atoms with Gasteiger partial charge in [-0.15, -0.1) is 0 Å². The molecule has 0 aliphatic carbocycles. The number of aryl methyl sites for hydroxylation is 2. The third kappa shape index (κ3) is 4.00. The topological polar surface area (TPSA) is 99.2 Å². The Morgan fingerprint density at radius 1 is 1.17 bits per heavy atom. The SMILES string of the molecule is COC(=O)c1ncccc1N[C@H](C)c1cc(C)cc2c(=O)c(C)c(-c3ccc4nn(C)cc4c3)oc12. The highest BCUT2D eigenvalue weighted by Gasteiger charge is 2.21. The van der Waals surface area contributed by atoms with Gasteiger partial charge in [-0.1, -0.05) is 6.07 Å². The highest BCUT2D eigenvalue weighted by Crippen LogP contribution is 2.33. The van der Waals surface area contributed by atoms with Gasteiger partial charge in [0.1, 0.15) is 11.3 Å². The summed E-state index contributed by atoms with van der Waals surface area (Å²) in [6.45, 7) is 5.68. The summed E-state index contributed by atoms with van der Waals surface area (Å²) in [6.07, 6.45) is 3.47. The molecule has 3 heterocycles. The number of benzene rings is 2. The maximum Gasteiger partial charge on any atom is 0.358 e. The fourth-order valence-corrected chi connectivity index (χ4v) is 4.55. The maximum atomic E-state index is 13.5. The van der Waals surface area contributed by atoms with Crippen molar-refractivity contribution in [3.8, 4) is 11.3 Å². The van der Waals surface area contributed by atoms with E-state index in [1.807, 2.05) is 57.4 Å². The lowest BCUT2D eigenvalue weighted by molar-refractivity contribution is 0.0595. The molecule has 1 N–H and O–H groups in total. The molecular formula is C28H26N4O4. The van der Waals surface area contributed by atoms with Gasteiger partial charge in [0.2, 0.25) is 0 Å². The predicted octanol–water partition coefficient (Wildman–Crippen LogP) is 5.32. The van der Waals surface area contributed by atoms with Crippen molar-refractivity contribution in [3.05, 3.63) is 87.5 Å². The van der Waals surface area contributed by atoms with Crippen LogP contribution in [0, 0.1) is 13.8 Å². The maximum absolute atomic E-state index is 13.5. The molecule has 1 atom stereocenters. The molecule has 0 saturated heterocycles. The Labute approximate surface area is 207 Å². The van der Waals surface area contributed by atoms with Gasteiger partial charge in [0.05, 0.1) is 29.7 Å². The number of anilines is 1. The lowest BCUT2D eigenvalue weighted by Crippen LogP contribution is -2.15. The second-order valence-corrected chi connectivity index (χ2v) is 8.95. The number of hydrogen-bond acceptors (Lipinski definition) is 7. The quantitative estimate of drug-likeness (QED) is 0.339. The van der Waals surface area contributed by atoms with Gasteiger partial charge in [-0.2, -0.15) is 5.10 Å². The highest BCUT2D eigenvalue weighted by molar-refractivity contribution is 5.93. The van der Waals surface area contributed by atoms with Crippen molar-refractivity contribution in [2.24, 2.45) is 7.05 Å². The number of aromatic nitrogens is 3. The van der Waals surface area contributed by atoms with E-state index < -0.39 is 5.97 Å². The average Bonchev–Trinajstić information content (AvgIpc) is 3.25. The summed E-state index contributed by atoms with van der Waals surface area (Å²) >= 11 is 0. The summed E-state index contributed by atoms with van der Waals surface area (Å²) in [5.41, 5.74) is 5.09. The third-order valence-corrected chi connectivity index (χ3v) is 6.30. The van der Waals surface area contributed by atoms with Crippen LogP contribution in [0.4, 0.5) is 5.69 Å². The predicted molar refractivity (Wildman–Crippen MR) is 139 cm³/mol. The largest absolute Gasteiger partial charge is 0.464 e. The molecule has 182 valence electrons. The Morgan fingerprint density at radius 2 is 1.97 bits per heavy atom. The van der Waals surface area contributed by atoms with Gasteiger partial charge in [-0.3, -0.25) is 9.48 Å². The van der Waals surface area contributed by atoms with E-state index in [-0.39, 0.29) is 17.2 Å². The van der Waals surface area contributed by atoms with E-state index in [1.54, 1.807) is 23.7 Å². The molecule has 0 amide bonds. The van der Waals surface area contributed by atoms with Crippen molar-refractivity contribution < 1.29 is 13.9 Å². The van der Waals surface area contributed by atoms with Gasteiger partial charge < -0.3 is 14.5 Å². The monoisotopic (exact) mass is 482 g/mol. The van der Waals surface area contributed by atoms with Gasteiger partial charge in [0.15, 0.2) is 11.1 Å².